The zero-order valence-corrected chi connectivity index (χ0v) is 19.1. The van der Waals surface area contributed by atoms with Crippen LogP contribution in [0.1, 0.15) is 27.9 Å². The third kappa shape index (κ3) is 2.84. The topological polar surface area (TPSA) is 40.8 Å². The molecule has 0 amide bonds. The zero-order chi connectivity index (χ0) is 22.6. The van der Waals surface area contributed by atoms with Crippen molar-refractivity contribution in [2.75, 3.05) is 0 Å². The van der Waals surface area contributed by atoms with Crippen LogP contribution in [0.15, 0.2) is 65.1 Å². The Morgan fingerprint density at radius 1 is 0.781 bits per heavy atom. The standard InChI is InChI=1S/C29H25N2O/c1-17-11-13-23-24-14-12-22(16-30)27(21-9-7-6-8-10-21)29(24)32-28(23)26(17)25-15-18(2)19(3)20(4)31(25)5/h6-15H,1-5H3/q+1. The maximum Gasteiger partial charge on any atom is 0.216 e. The summed E-state index contributed by atoms with van der Waals surface area (Å²) in [7, 11) is 2.11. The van der Waals surface area contributed by atoms with Crippen LogP contribution in [0.4, 0.5) is 0 Å². The van der Waals surface area contributed by atoms with E-state index in [0.29, 0.717) is 5.56 Å². The maximum atomic E-state index is 9.82. The summed E-state index contributed by atoms with van der Waals surface area (Å²) in [5.74, 6) is 0. The largest absolute Gasteiger partial charge is 0.454 e. The molecule has 0 saturated carbocycles. The molecule has 0 radical (unpaired) electrons. The number of rotatable bonds is 2. The lowest BCUT2D eigenvalue weighted by Gasteiger charge is -2.10. The predicted molar refractivity (Wildman–Crippen MR) is 129 cm³/mol. The van der Waals surface area contributed by atoms with Crippen molar-refractivity contribution in [3.8, 4) is 28.5 Å². The van der Waals surface area contributed by atoms with E-state index in [9.17, 15) is 5.26 Å². The molecule has 0 saturated heterocycles. The van der Waals surface area contributed by atoms with Gasteiger partial charge in [0.15, 0.2) is 5.69 Å². The molecule has 3 heteroatoms. The molecule has 0 atom stereocenters. The molecule has 0 unspecified atom stereocenters. The Morgan fingerprint density at radius 2 is 1.44 bits per heavy atom. The molecule has 156 valence electrons. The van der Waals surface area contributed by atoms with Crippen LogP contribution in [0.3, 0.4) is 0 Å². The van der Waals surface area contributed by atoms with Crippen molar-refractivity contribution >= 4 is 21.9 Å². The Bertz CT molecular complexity index is 1570. The molecule has 0 spiro atoms. The fraction of sp³-hybridized carbons (Fsp3) is 0.172. The van der Waals surface area contributed by atoms with Gasteiger partial charge in [-0.15, -0.1) is 0 Å². The monoisotopic (exact) mass is 417 g/mol. The summed E-state index contributed by atoms with van der Waals surface area (Å²) in [6, 6.07) is 22.8. The highest BCUT2D eigenvalue weighted by atomic mass is 16.3. The van der Waals surface area contributed by atoms with Gasteiger partial charge in [-0.25, -0.2) is 0 Å². The molecular formula is C29H25N2O+. The molecule has 0 N–H and O–H groups in total. The molecule has 3 aromatic carbocycles. The van der Waals surface area contributed by atoms with Gasteiger partial charge in [-0.2, -0.15) is 9.83 Å². The maximum absolute atomic E-state index is 9.82. The van der Waals surface area contributed by atoms with E-state index in [4.69, 9.17) is 4.42 Å². The van der Waals surface area contributed by atoms with Crippen LogP contribution >= 0.6 is 0 Å². The predicted octanol–water partition coefficient (Wildman–Crippen LogP) is 6.85. The van der Waals surface area contributed by atoms with Crippen molar-refractivity contribution in [2.24, 2.45) is 7.05 Å². The van der Waals surface area contributed by atoms with Gasteiger partial charge in [-0.05, 0) is 49.6 Å². The molecule has 0 aliphatic carbocycles. The number of pyridine rings is 1. The van der Waals surface area contributed by atoms with Gasteiger partial charge < -0.3 is 4.42 Å². The van der Waals surface area contributed by atoms with Gasteiger partial charge in [-0.3, -0.25) is 0 Å². The Morgan fingerprint density at radius 3 is 2.12 bits per heavy atom. The molecule has 0 bridgehead atoms. The Hall–Kier alpha value is -3.90. The first-order valence-corrected chi connectivity index (χ1v) is 10.8. The summed E-state index contributed by atoms with van der Waals surface area (Å²) < 4.78 is 8.89. The number of hydrogen-bond donors (Lipinski definition) is 0. The third-order valence-electron chi connectivity index (χ3n) is 6.81. The second-order valence-electron chi connectivity index (χ2n) is 8.56. The van der Waals surface area contributed by atoms with Crippen LogP contribution in [-0.2, 0) is 7.05 Å². The number of fused-ring (bicyclic) bond motifs is 3. The van der Waals surface area contributed by atoms with E-state index < -0.39 is 0 Å². The molecule has 2 aromatic heterocycles. The summed E-state index contributed by atoms with van der Waals surface area (Å²) in [5, 5.41) is 11.9. The fourth-order valence-electron chi connectivity index (χ4n) is 4.67. The first-order chi connectivity index (χ1) is 15.4. The summed E-state index contributed by atoms with van der Waals surface area (Å²) in [5.41, 5.74) is 11.3. The van der Waals surface area contributed by atoms with Gasteiger partial charge in [0.2, 0.25) is 5.69 Å². The number of furan rings is 1. The van der Waals surface area contributed by atoms with Crippen LogP contribution in [-0.4, -0.2) is 0 Å². The minimum absolute atomic E-state index is 0.619. The van der Waals surface area contributed by atoms with Crippen LogP contribution in [0, 0.1) is 39.0 Å². The van der Waals surface area contributed by atoms with E-state index >= 15 is 0 Å². The molecule has 2 heterocycles. The normalized spacial score (nSPS) is 11.2. The van der Waals surface area contributed by atoms with Crippen molar-refractivity contribution in [2.45, 2.75) is 27.7 Å². The van der Waals surface area contributed by atoms with Crippen LogP contribution in [0.2, 0.25) is 0 Å². The molecule has 0 fully saturated rings. The lowest BCUT2D eigenvalue weighted by atomic mass is 9.95. The highest BCUT2D eigenvalue weighted by Gasteiger charge is 2.25. The zero-order valence-electron chi connectivity index (χ0n) is 19.1. The first-order valence-electron chi connectivity index (χ1n) is 10.8. The summed E-state index contributed by atoms with van der Waals surface area (Å²) >= 11 is 0. The van der Waals surface area contributed by atoms with Crippen molar-refractivity contribution in [3.05, 3.63) is 88.6 Å². The minimum Gasteiger partial charge on any atom is -0.454 e. The quantitative estimate of drug-likeness (QED) is 0.295. The van der Waals surface area contributed by atoms with Gasteiger partial charge in [0, 0.05) is 34.9 Å². The Kier molecular flexibility index (Phi) is 4.60. The summed E-state index contributed by atoms with van der Waals surface area (Å²) in [6.45, 7) is 8.61. The summed E-state index contributed by atoms with van der Waals surface area (Å²) in [4.78, 5) is 0. The van der Waals surface area contributed by atoms with Crippen molar-refractivity contribution in [1.82, 2.24) is 0 Å². The van der Waals surface area contributed by atoms with E-state index in [1.807, 2.05) is 42.5 Å². The van der Waals surface area contributed by atoms with Gasteiger partial charge in [0.1, 0.15) is 18.2 Å². The second-order valence-corrected chi connectivity index (χ2v) is 8.56. The molecule has 0 aliphatic rings. The number of benzene rings is 3. The van der Waals surface area contributed by atoms with Gasteiger partial charge in [0.05, 0.1) is 17.2 Å². The van der Waals surface area contributed by atoms with Crippen molar-refractivity contribution < 1.29 is 8.98 Å². The SMILES string of the molecule is Cc1cc(-c2c(C)ccc3c2oc2c(-c4ccccc4)c(C#N)ccc23)[n+](C)c(C)c1C. The average molecular weight is 418 g/mol. The molecule has 3 nitrogen and oxygen atoms in total. The first kappa shape index (κ1) is 20.0. The number of nitrogens with zero attached hydrogens (tertiary/aromatic N) is 2. The van der Waals surface area contributed by atoms with E-state index in [1.165, 1.54) is 16.8 Å². The molecule has 5 aromatic rings. The highest BCUT2D eigenvalue weighted by molar-refractivity contribution is 6.14. The van der Waals surface area contributed by atoms with Gasteiger partial charge >= 0.3 is 0 Å². The van der Waals surface area contributed by atoms with Crippen LogP contribution in [0.5, 0.6) is 0 Å². The van der Waals surface area contributed by atoms with Crippen LogP contribution < -0.4 is 4.57 Å². The second kappa shape index (κ2) is 7.35. The van der Waals surface area contributed by atoms with E-state index in [0.717, 1.165) is 49.9 Å². The minimum atomic E-state index is 0.619. The summed E-state index contributed by atoms with van der Waals surface area (Å²) in [6.07, 6.45) is 0. The van der Waals surface area contributed by atoms with E-state index in [2.05, 4.69) is 63.6 Å². The van der Waals surface area contributed by atoms with E-state index in [1.54, 1.807) is 0 Å². The number of aryl methyl sites for hydroxylation is 2. The Balaban J connectivity index is 1.93. The third-order valence-corrected chi connectivity index (χ3v) is 6.81. The van der Waals surface area contributed by atoms with Crippen molar-refractivity contribution in [3.63, 3.8) is 0 Å². The molecular weight excluding hydrogens is 392 g/mol. The van der Waals surface area contributed by atoms with Gasteiger partial charge in [0.25, 0.3) is 0 Å². The molecule has 5 rings (SSSR count). The average Bonchev–Trinajstić information content (AvgIpc) is 3.18. The lowest BCUT2D eigenvalue weighted by Crippen LogP contribution is -2.36. The number of aromatic nitrogens is 1. The lowest BCUT2D eigenvalue weighted by molar-refractivity contribution is -0.667. The fourth-order valence-corrected chi connectivity index (χ4v) is 4.67. The molecule has 32 heavy (non-hydrogen) atoms. The smallest absolute Gasteiger partial charge is 0.216 e. The van der Waals surface area contributed by atoms with Crippen molar-refractivity contribution in [1.29, 1.82) is 5.26 Å². The van der Waals surface area contributed by atoms with Gasteiger partial charge in [-0.1, -0.05) is 42.5 Å². The number of nitriles is 1. The number of hydrogen-bond acceptors (Lipinski definition) is 2. The van der Waals surface area contributed by atoms with Crippen LogP contribution in [0.25, 0.3) is 44.3 Å². The van der Waals surface area contributed by atoms with E-state index in [-0.39, 0.29) is 0 Å². The molecule has 0 aliphatic heterocycles. The Labute approximate surface area is 188 Å². The highest BCUT2D eigenvalue weighted by Crippen LogP contribution is 2.42.